The first-order valence-electron chi connectivity index (χ1n) is 4.97. The number of hydrogen-bond acceptors (Lipinski definition) is 2. The van der Waals surface area contributed by atoms with Crippen LogP contribution in [-0.2, 0) is 4.79 Å². The van der Waals surface area contributed by atoms with Gasteiger partial charge in [-0.3, -0.25) is 0 Å². The molecule has 0 aromatic heterocycles. The molecule has 0 aliphatic carbocycles. The van der Waals surface area contributed by atoms with Crippen molar-refractivity contribution in [1.29, 1.82) is 0 Å². The summed E-state index contributed by atoms with van der Waals surface area (Å²) in [6, 6.07) is 0. The summed E-state index contributed by atoms with van der Waals surface area (Å²) in [5.41, 5.74) is 5.32. The molecule has 0 aromatic carbocycles. The summed E-state index contributed by atoms with van der Waals surface area (Å²) in [5, 5.41) is 8.20. The van der Waals surface area contributed by atoms with Crippen molar-refractivity contribution in [2.24, 2.45) is 5.73 Å². The van der Waals surface area contributed by atoms with E-state index in [4.69, 9.17) is 10.8 Å². The normalized spacial score (nSPS) is 11.7. The molecule has 0 aromatic rings. The highest BCUT2D eigenvalue weighted by Crippen LogP contribution is 2.07. The molecule has 0 fully saturated rings. The first-order chi connectivity index (χ1) is 6.68. The zero-order valence-corrected chi connectivity index (χ0v) is 8.34. The molecule has 0 bridgehead atoms. The van der Waals surface area contributed by atoms with Gasteiger partial charge >= 0.3 is 5.97 Å². The van der Waals surface area contributed by atoms with Crippen molar-refractivity contribution in [3.8, 4) is 0 Å². The van der Waals surface area contributed by atoms with Crippen molar-refractivity contribution >= 4 is 5.97 Å². The summed E-state index contributed by atoms with van der Waals surface area (Å²) < 4.78 is 12.4. The number of unbranched alkanes of at least 4 members (excludes halogenated alkanes) is 5. The molecule has 14 heavy (non-hydrogen) atoms. The highest BCUT2D eigenvalue weighted by molar-refractivity contribution is 5.83. The van der Waals surface area contributed by atoms with Crippen LogP contribution in [0.25, 0.3) is 0 Å². The molecule has 0 unspecified atom stereocenters. The van der Waals surface area contributed by atoms with Crippen LogP contribution in [0.5, 0.6) is 0 Å². The Labute approximate surface area is 83.8 Å². The zero-order chi connectivity index (χ0) is 10.8. The van der Waals surface area contributed by atoms with E-state index in [-0.39, 0.29) is 0 Å². The minimum atomic E-state index is -1.48. The first-order valence-corrected chi connectivity index (χ1v) is 4.97. The van der Waals surface area contributed by atoms with Crippen molar-refractivity contribution in [1.82, 2.24) is 0 Å². The second kappa shape index (κ2) is 8.69. The number of nitrogens with two attached hydrogens (primary N) is 1. The lowest BCUT2D eigenvalue weighted by Gasteiger charge is -1.97. The van der Waals surface area contributed by atoms with Crippen LogP contribution < -0.4 is 5.73 Å². The molecule has 0 amide bonds. The quantitative estimate of drug-likeness (QED) is 0.469. The van der Waals surface area contributed by atoms with Gasteiger partial charge in [0, 0.05) is 0 Å². The van der Waals surface area contributed by atoms with E-state index in [2.05, 4.69) is 0 Å². The highest BCUT2D eigenvalue weighted by Gasteiger charge is 2.02. The summed E-state index contributed by atoms with van der Waals surface area (Å²) in [4.78, 5) is 10.0. The van der Waals surface area contributed by atoms with E-state index < -0.39 is 11.8 Å². The Balaban J connectivity index is 3.29. The molecule has 0 saturated carbocycles. The molecule has 0 heterocycles. The fraction of sp³-hybridized carbons (Fsp3) is 0.700. The van der Waals surface area contributed by atoms with Crippen LogP contribution in [0, 0.1) is 0 Å². The van der Waals surface area contributed by atoms with E-state index in [0.29, 0.717) is 13.0 Å². The lowest BCUT2D eigenvalue weighted by molar-refractivity contribution is -0.134. The third kappa shape index (κ3) is 7.73. The predicted molar refractivity (Wildman–Crippen MR) is 53.6 cm³/mol. The van der Waals surface area contributed by atoms with Gasteiger partial charge < -0.3 is 10.8 Å². The summed E-state index contributed by atoms with van der Waals surface area (Å²) in [5.74, 6) is -2.53. The Bertz CT molecular complexity index is 193. The van der Waals surface area contributed by atoms with Gasteiger partial charge in [0.25, 0.3) is 0 Å². The number of aliphatic carboxylic acids is 1. The van der Waals surface area contributed by atoms with Crippen LogP contribution in [-0.4, -0.2) is 17.6 Å². The fourth-order valence-corrected chi connectivity index (χ4v) is 1.14. The molecule has 0 spiro atoms. The summed E-state index contributed by atoms with van der Waals surface area (Å²) in [6.07, 6.45) is 6.68. The van der Waals surface area contributed by atoms with Gasteiger partial charge in [0.1, 0.15) is 0 Å². The molecule has 0 radical (unpaired) electrons. The summed E-state index contributed by atoms with van der Waals surface area (Å²) >= 11 is 0. The van der Waals surface area contributed by atoms with Crippen LogP contribution in [0.2, 0.25) is 0 Å². The van der Waals surface area contributed by atoms with E-state index in [1.807, 2.05) is 0 Å². The van der Waals surface area contributed by atoms with Crippen molar-refractivity contribution in [3.05, 3.63) is 11.9 Å². The Hall–Kier alpha value is -0.900. The molecular weight excluding hydrogens is 185 g/mol. The Kier molecular flexibility index (Phi) is 8.13. The lowest BCUT2D eigenvalue weighted by atomic mass is 10.1. The number of carbonyl (C=O) groups is 1. The van der Waals surface area contributed by atoms with Crippen molar-refractivity contribution < 1.29 is 14.3 Å². The molecule has 0 rings (SSSR count). The summed E-state index contributed by atoms with van der Waals surface area (Å²) in [6.45, 7) is 0.716. The smallest absolute Gasteiger partial charge is 0.364 e. The van der Waals surface area contributed by atoms with E-state index in [1.165, 1.54) is 0 Å². The molecule has 82 valence electrons. The standard InChI is InChI=1S/C10H18FNO2/c11-9(10(13)14)7-5-3-1-2-4-6-8-12/h7H,1-6,8,12H2,(H,13,14)/b9-7-. The monoisotopic (exact) mass is 203 g/mol. The summed E-state index contributed by atoms with van der Waals surface area (Å²) in [7, 11) is 0. The molecule has 0 aliphatic heterocycles. The Morgan fingerprint density at radius 1 is 1.21 bits per heavy atom. The maximum absolute atomic E-state index is 12.4. The van der Waals surface area contributed by atoms with Crippen molar-refractivity contribution in [2.45, 2.75) is 38.5 Å². The number of rotatable bonds is 8. The average Bonchev–Trinajstić information content (AvgIpc) is 2.16. The van der Waals surface area contributed by atoms with Gasteiger partial charge in [0.2, 0.25) is 5.83 Å². The zero-order valence-electron chi connectivity index (χ0n) is 8.34. The molecule has 3 N–H and O–H groups in total. The van der Waals surface area contributed by atoms with Gasteiger partial charge in [-0.1, -0.05) is 19.3 Å². The van der Waals surface area contributed by atoms with Gasteiger partial charge in [-0.05, 0) is 31.9 Å². The van der Waals surface area contributed by atoms with Gasteiger partial charge in [0.05, 0.1) is 0 Å². The number of carboxylic acids is 1. The topological polar surface area (TPSA) is 63.3 Å². The van der Waals surface area contributed by atoms with Crippen LogP contribution in [0.4, 0.5) is 4.39 Å². The number of hydrogen-bond donors (Lipinski definition) is 2. The fourth-order valence-electron chi connectivity index (χ4n) is 1.14. The molecule has 0 atom stereocenters. The lowest BCUT2D eigenvalue weighted by Crippen LogP contribution is -1.97. The van der Waals surface area contributed by atoms with Gasteiger partial charge in [0.15, 0.2) is 0 Å². The molecule has 0 aliphatic rings. The van der Waals surface area contributed by atoms with Crippen LogP contribution in [0.1, 0.15) is 38.5 Å². The molecule has 3 nitrogen and oxygen atoms in total. The third-order valence-electron chi connectivity index (χ3n) is 1.94. The SMILES string of the molecule is NCCCCCCC/C=C(\F)C(=O)O. The van der Waals surface area contributed by atoms with E-state index in [1.54, 1.807) is 0 Å². The Morgan fingerprint density at radius 3 is 2.36 bits per heavy atom. The third-order valence-corrected chi connectivity index (χ3v) is 1.94. The average molecular weight is 203 g/mol. The minimum absolute atomic E-state index is 0.501. The van der Waals surface area contributed by atoms with Crippen LogP contribution in [0.3, 0.4) is 0 Å². The maximum Gasteiger partial charge on any atom is 0.364 e. The van der Waals surface area contributed by atoms with Crippen LogP contribution >= 0.6 is 0 Å². The molecule has 0 saturated heterocycles. The molecular formula is C10H18FNO2. The molecule has 4 heteroatoms. The van der Waals surface area contributed by atoms with Gasteiger partial charge in [-0.15, -0.1) is 0 Å². The predicted octanol–water partition coefficient (Wildman–Crippen LogP) is 2.22. The number of carboxylic acid groups (broad SMARTS) is 1. The van der Waals surface area contributed by atoms with E-state index >= 15 is 0 Å². The number of allylic oxidation sites excluding steroid dienone is 1. The van der Waals surface area contributed by atoms with E-state index in [9.17, 15) is 9.18 Å². The van der Waals surface area contributed by atoms with Gasteiger partial charge in [-0.2, -0.15) is 4.39 Å². The largest absolute Gasteiger partial charge is 0.476 e. The minimum Gasteiger partial charge on any atom is -0.476 e. The van der Waals surface area contributed by atoms with Crippen LogP contribution in [0.15, 0.2) is 11.9 Å². The van der Waals surface area contributed by atoms with Crippen molar-refractivity contribution in [2.75, 3.05) is 6.54 Å². The second-order valence-corrected chi connectivity index (χ2v) is 3.20. The van der Waals surface area contributed by atoms with Gasteiger partial charge in [-0.25, -0.2) is 4.79 Å². The first kappa shape index (κ1) is 13.1. The van der Waals surface area contributed by atoms with E-state index in [0.717, 1.165) is 38.2 Å². The second-order valence-electron chi connectivity index (χ2n) is 3.20. The highest BCUT2D eigenvalue weighted by atomic mass is 19.1. The maximum atomic E-state index is 12.4. The van der Waals surface area contributed by atoms with Crippen molar-refractivity contribution in [3.63, 3.8) is 0 Å². The Morgan fingerprint density at radius 2 is 1.79 bits per heavy atom. The number of halogens is 1.